The van der Waals surface area contributed by atoms with E-state index in [2.05, 4.69) is 11.4 Å². The van der Waals surface area contributed by atoms with E-state index in [9.17, 15) is 14.4 Å². The topological polar surface area (TPSA) is 82.6 Å². The molecule has 0 unspecified atom stereocenters. The normalized spacial score (nSPS) is 23.5. The van der Waals surface area contributed by atoms with Crippen LogP contribution in [-0.4, -0.2) is 51.3 Å². The fraction of sp³-hybridized carbons (Fsp3) is 0.545. The standard InChI is InChI=1S/C22H26N4O3S/c27-18(10-14-26-20(28)22(24-21(26)29)11-4-5-12-22)25-13-6-3-8-16(25)19-23-15-7-1-2-9-17(15)30-19/h1-2,7,9,16H,3-6,8,10-14H2,(H,24,29)/t16-/m1/s1. The van der Waals surface area contributed by atoms with Crippen molar-refractivity contribution >= 4 is 39.4 Å². The lowest BCUT2D eigenvalue weighted by molar-refractivity contribution is -0.136. The van der Waals surface area contributed by atoms with Crippen molar-refractivity contribution in [3.8, 4) is 0 Å². The Morgan fingerprint density at radius 2 is 1.97 bits per heavy atom. The smallest absolute Gasteiger partial charge is 0.325 e. The van der Waals surface area contributed by atoms with E-state index >= 15 is 0 Å². The van der Waals surface area contributed by atoms with E-state index in [-0.39, 0.29) is 36.9 Å². The van der Waals surface area contributed by atoms with Crippen LogP contribution in [0.3, 0.4) is 0 Å². The van der Waals surface area contributed by atoms with Gasteiger partial charge in [-0.05, 0) is 44.2 Å². The molecular formula is C22H26N4O3S. The van der Waals surface area contributed by atoms with Crippen molar-refractivity contribution in [3.63, 3.8) is 0 Å². The third-order valence-electron chi connectivity index (χ3n) is 6.67. The molecule has 2 aliphatic heterocycles. The number of amides is 4. The van der Waals surface area contributed by atoms with E-state index < -0.39 is 5.54 Å². The molecule has 1 aliphatic carbocycles. The Bertz CT molecular complexity index is 964. The van der Waals surface area contributed by atoms with Gasteiger partial charge in [0, 0.05) is 19.5 Å². The van der Waals surface area contributed by atoms with Crippen molar-refractivity contribution < 1.29 is 14.4 Å². The van der Waals surface area contributed by atoms with Gasteiger partial charge in [0.25, 0.3) is 5.91 Å². The van der Waals surface area contributed by atoms with Gasteiger partial charge in [-0.15, -0.1) is 11.3 Å². The Balaban J connectivity index is 1.28. The number of para-hydroxylation sites is 1. The average Bonchev–Trinajstić information content (AvgIpc) is 3.46. The molecule has 1 spiro atoms. The number of piperidine rings is 1. The molecular weight excluding hydrogens is 400 g/mol. The fourth-order valence-corrected chi connectivity index (χ4v) is 6.18. The Morgan fingerprint density at radius 3 is 2.77 bits per heavy atom. The third-order valence-corrected chi connectivity index (χ3v) is 7.81. The molecule has 0 bridgehead atoms. The molecule has 1 saturated carbocycles. The van der Waals surface area contributed by atoms with Gasteiger partial charge in [0.1, 0.15) is 10.5 Å². The summed E-state index contributed by atoms with van der Waals surface area (Å²) < 4.78 is 1.13. The highest BCUT2D eigenvalue weighted by Gasteiger charge is 2.52. The summed E-state index contributed by atoms with van der Waals surface area (Å²) in [6, 6.07) is 7.67. The molecule has 3 fully saturated rings. The lowest BCUT2D eigenvalue weighted by Gasteiger charge is -2.35. The molecule has 3 heterocycles. The minimum Gasteiger partial charge on any atom is -0.333 e. The number of likely N-dealkylation sites (tertiary alicyclic amines) is 1. The summed E-state index contributed by atoms with van der Waals surface area (Å²) >= 11 is 1.65. The molecule has 4 amide bonds. The van der Waals surface area contributed by atoms with Crippen molar-refractivity contribution in [3.05, 3.63) is 29.3 Å². The van der Waals surface area contributed by atoms with Crippen molar-refractivity contribution in [1.82, 2.24) is 20.1 Å². The first-order valence-electron chi connectivity index (χ1n) is 10.9. The van der Waals surface area contributed by atoms with E-state index in [1.165, 1.54) is 4.90 Å². The highest BCUT2D eigenvalue weighted by atomic mass is 32.1. The van der Waals surface area contributed by atoms with Crippen LogP contribution in [0.4, 0.5) is 4.79 Å². The second-order valence-corrected chi connectivity index (χ2v) is 9.61. The van der Waals surface area contributed by atoms with Gasteiger partial charge in [0.15, 0.2) is 0 Å². The van der Waals surface area contributed by atoms with Gasteiger partial charge in [-0.25, -0.2) is 9.78 Å². The SMILES string of the molecule is O=C1NC2(CCCC2)C(=O)N1CCC(=O)N1CCCC[C@@H]1c1nc2ccccc2s1. The van der Waals surface area contributed by atoms with Crippen molar-refractivity contribution in [1.29, 1.82) is 0 Å². The second-order valence-electron chi connectivity index (χ2n) is 8.54. The van der Waals surface area contributed by atoms with Crippen molar-refractivity contribution in [2.24, 2.45) is 0 Å². The molecule has 7 nitrogen and oxygen atoms in total. The highest BCUT2D eigenvalue weighted by molar-refractivity contribution is 7.18. The van der Waals surface area contributed by atoms with Crippen molar-refractivity contribution in [2.75, 3.05) is 13.1 Å². The number of aromatic nitrogens is 1. The number of rotatable bonds is 4. The van der Waals surface area contributed by atoms with Gasteiger partial charge >= 0.3 is 6.03 Å². The first-order valence-corrected chi connectivity index (χ1v) is 11.7. The number of benzene rings is 1. The minimum atomic E-state index is -0.714. The zero-order valence-electron chi connectivity index (χ0n) is 16.9. The molecule has 30 heavy (non-hydrogen) atoms. The van der Waals surface area contributed by atoms with Gasteiger partial charge in [0.2, 0.25) is 5.91 Å². The largest absolute Gasteiger partial charge is 0.333 e. The first kappa shape index (κ1) is 19.5. The predicted octanol–water partition coefficient (Wildman–Crippen LogP) is 3.60. The second kappa shape index (κ2) is 7.65. The summed E-state index contributed by atoms with van der Waals surface area (Å²) in [6.07, 6.45) is 6.42. The predicted molar refractivity (Wildman–Crippen MR) is 114 cm³/mol. The van der Waals surface area contributed by atoms with E-state index in [1.54, 1.807) is 11.3 Å². The van der Waals surface area contributed by atoms with Crippen LogP contribution >= 0.6 is 11.3 Å². The minimum absolute atomic E-state index is 0.00747. The van der Waals surface area contributed by atoms with Crippen LogP contribution < -0.4 is 5.32 Å². The summed E-state index contributed by atoms with van der Waals surface area (Å²) in [5, 5.41) is 3.86. The van der Waals surface area contributed by atoms with Crippen LogP contribution in [0.25, 0.3) is 10.2 Å². The van der Waals surface area contributed by atoms with Crippen LogP contribution in [0.15, 0.2) is 24.3 Å². The molecule has 1 atom stereocenters. The first-order chi connectivity index (χ1) is 14.6. The lowest BCUT2D eigenvalue weighted by atomic mass is 9.98. The zero-order valence-corrected chi connectivity index (χ0v) is 17.7. The average molecular weight is 427 g/mol. The molecule has 1 aromatic carbocycles. The van der Waals surface area contributed by atoms with Crippen molar-refractivity contribution in [2.45, 2.75) is 62.9 Å². The number of fused-ring (bicyclic) bond motifs is 1. The van der Waals surface area contributed by atoms with E-state index in [4.69, 9.17) is 4.98 Å². The molecule has 0 radical (unpaired) electrons. The molecule has 5 rings (SSSR count). The number of hydrogen-bond donors (Lipinski definition) is 1. The number of urea groups is 1. The summed E-state index contributed by atoms with van der Waals surface area (Å²) in [7, 11) is 0. The quantitative estimate of drug-likeness (QED) is 0.757. The Hall–Kier alpha value is -2.48. The number of hydrogen-bond acceptors (Lipinski definition) is 5. The van der Waals surface area contributed by atoms with Gasteiger partial charge < -0.3 is 10.2 Å². The number of imide groups is 1. The number of carbonyl (C=O) groups excluding carboxylic acids is 3. The van der Waals surface area contributed by atoms with E-state index in [0.29, 0.717) is 19.4 Å². The van der Waals surface area contributed by atoms with Gasteiger partial charge in [-0.3, -0.25) is 14.5 Å². The monoisotopic (exact) mass is 426 g/mol. The molecule has 158 valence electrons. The van der Waals surface area contributed by atoms with Gasteiger partial charge in [-0.1, -0.05) is 25.0 Å². The molecule has 2 aromatic rings. The van der Waals surface area contributed by atoms with Gasteiger partial charge in [0.05, 0.1) is 16.3 Å². The molecule has 1 aromatic heterocycles. The number of nitrogens with one attached hydrogen (secondary N) is 1. The molecule has 3 aliphatic rings. The van der Waals surface area contributed by atoms with Crippen LogP contribution in [0.2, 0.25) is 0 Å². The molecule has 1 N–H and O–H groups in total. The Morgan fingerprint density at radius 1 is 1.17 bits per heavy atom. The maximum Gasteiger partial charge on any atom is 0.325 e. The summed E-state index contributed by atoms with van der Waals surface area (Å²) in [5.41, 5.74) is 0.256. The number of carbonyl (C=O) groups is 3. The highest BCUT2D eigenvalue weighted by Crippen LogP contribution is 2.37. The van der Waals surface area contributed by atoms with Gasteiger partial charge in [-0.2, -0.15) is 0 Å². The maximum atomic E-state index is 13.1. The fourth-order valence-electron chi connectivity index (χ4n) is 5.07. The van der Waals surface area contributed by atoms with E-state index in [0.717, 1.165) is 47.3 Å². The summed E-state index contributed by atoms with van der Waals surface area (Å²) in [4.78, 5) is 46.2. The lowest BCUT2D eigenvalue weighted by Crippen LogP contribution is -2.44. The number of thiazole rings is 1. The Labute approximate surface area is 179 Å². The third kappa shape index (κ3) is 3.27. The van der Waals surface area contributed by atoms with Crippen LogP contribution in [0.5, 0.6) is 0 Å². The van der Waals surface area contributed by atoms with Crippen LogP contribution in [0, 0.1) is 0 Å². The van der Waals surface area contributed by atoms with E-state index in [1.807, 2.05) is 23.1 Å². The molecule has 8 heteroatoms. The number of nitrogens with zero attached hydrogens (tertiary/aromatic N) is 3. The Kier molecular flexibility index (Phi) is 4.97. The summed E-state index contributed by atoms with van der Waals surface area (Å²) in [5.74, 6) is -0.161. The van der Waals surface area contributed by atoms with Crippen LogP contribution in [0.1, 0.15) is 62.4 Å². The maximum absolute atomic E-state index is 13.1. The van der Waals surface area contributed by atoms with Crippen LogP contribution in [-0.2, 0) is 9.59 Å². The molecule has 2 saturated heterocycles. The zero-order chi connectivity index (χ0) is 20.7. The summed E-state index contributed by atoms with van der Waals surface area (Å²) in [6.45, 7) is 0.845.